The molecule has 0 fully saturated rings. The van der Waals surface area contributed by atoms with Gasteiger partial charge in [-0.3, -0.25) is 4.31 Å². The highest BCUT2D eigenvalue weighted by atomic mass is 32.2. The first-order valence-electron chi connectivity index (χ1n) is 8.22. The highest BCUT2D eigenvalue weighted by molar-refractivity contribution is 7.92. The molecule has 8 nitrogen and oxygen atoms in total. The zero-order valence-electron chi connectivity index (χ0n) is 15.2. The first kappa shape index (κ1) is 19.0. The van der Waals surface area contributed by atoms with Gasteiger partial charge in [0.1, 0.15) is 12.4 Å². The van der Waals surface area contributed by atoms with Gasteiger partial charge in [0.2, 0.25) is 5.09 Å². The number of hydrogen-bond donors (Lipinski definition) is 0. The average molecular weight is 392 g/mol. The number of nitrogens with zero attached hydrogens (tertiary/aromatic N) is 2. The Labute approximate surface area is 156 Å². The number of carbonyl (C=O) groups is 1. The number of carbonyl (C=O) groups excluding carboxylic acids is 1. The molecule has 9 heteroatoms. The summed E-state index contributed by atoms with van der Waals surface area (Å²) in [4.78, 5) is 12.3. The Balaban J connectivity index is 2.20. The van der Waals surface area contributed by atoms with Crippen molar-refractivity contribution in [2.24, 2.45) is 0 Å². The van der Waals surface area contributed by atoms with Gasteiger partial charge in [-0.05, 0) is 31.2 Å². The third-order valence-electron chi connectivity index (χ3n) is 4.09. The molecule has 0 aliphatic carbocycles. The van der Waals surface area contributed by atoms with E-state index in [4.69, 9.17) is 13.9 Å². The van der Waals surface area contributed by atoms with Crippen molar-refractivity contribution in [3.63, 3.8) is 0 Å². The van der Waals surface area contributed by atoms with Crippen LogP contribution >= 0.6 is 0 Å². The largest absolute Gasteiger partial charge is 0.461 e. The van der Waals surface area contributed by atoms with Crippen LogP contribution in [0.1, 0.15) is 17.4 Å². The zero-order valence-corrected chi connectivity index (χ0v) is 16.0. The second-order valence-corrected chi connectivity index (χ2v) is 7.62. The number of furan rings is 1. The van der Waals surface area contributed by atoms with Crippen LogP contribution in [-0.4, -0.2) is 39.7 Å². The van der Waals surface area contributed by atoms with E-state index in [9.17, 15) is 13.2 Å². The van der Waals surface area contributed by atoms with Crippen molar-refractivity contribution in [2.75, 3.05) is 25.1 Å². The number of ether oxygens (including phenoxy) is 2. The van der Waals surface area contributed by atoms with Gasteiger partial charge in [-0.2, -0.15) is 8.42 Å². The highest BCUT2D eigenvalue weighted by Gasteiger charge is 2.27. The molecular weight excluding hydrogens is 372 g/mol. The lowest BCUT2D eigenvalue weighted by atomic mass is 10.2. The van der Waals surface area contributed by atoms with Crippen LogP contribution in [0.3, 0.4) is 0 Å². The number of para-hydroxylation sites is 1. The molecule has 0 radical (unpaired) electrons. The van der Waals surface area contributed by atoms with Gasteiger partial charge in [0, 0.05) is 19.5 Å². The van der Waals surface area contributed by atoms with Crippen LogP contribution in [0.15, 0.2) is 52.2 Å². The minimum absolute atomic E-state index is 0.0588. The maximum atomic E-state index is 12.8. The van der Waals surface area contributed by atoms with Crippen molar-refractivity contribution in [3.05, 3.63) is 48.4 Å². The van der Waals surface area contributed by atoms with Crippen molar-refractivity contribution in [3.8, 4) is 0 Å². The molecule has 0 atom stereocenters. The maximum Gasteiger partial charge on any atom is 0.355 e. The molecule has 3 aromatic rings. The molecular formula is C18H20N2O6S. The van der Waals surface area contributed by atoms with Gasteiger partial charge in [0.25, 0.3) is 10.0 Å². The van der Waals surface area contributed by atoms with E-state index >= 15 is 0 Å². The Kier molecular flexibility index (Phi) is 5.24. The minimum Gasteiger partial charge on any atom is -0.461 e. The van der Waals surface area contributed by atoms with Gasteiger partial charge in [-0.1, -0.05) is 12.1 Å². The summed E-state index contributed by atoms with van der Waals surface area (Å²) < 4.78 is 43.8. The molecule has 2 aromatic heterocycles. The zero-order chi connectivity index (χ0) is 19.6. The summed E-state index contributed by atoms with van der Waals surface area (Å²) in [7, 11) is -0.973. The SMILES string of the molecule is CCOC(=O)c1cc2cccc(N(C)S(=O)(=O)c3ccco3)c2n1COC. The molecule has 0 saturated heterocycles. The summed E-state index contributed by atoms with van der Waals surface area (Å²) in [6.45, 7) is 2.01. The van der Waals surface area contributed by atoms with E-state index in [1.807, 2.05) is 0 Å². The normalized spacial score (nSPS) is 11.7. The molecule has 0 aliphatic rings. The summed E-state index contributed by atoms with van der Waals surface area (Å²) in [5, 5.41) is 0.520. The number of benzene rings is 1. The maximum absolute atomic E-state index is 12.8. The second-order valence-electron chi connectivity index (χ2n) is 5.72. The number of rotatable bonds is 7. The summed E-state index contributed by atoms with van der Waals surface area (Å²) >= 11 is 0. The third-order valence-corrected chi connectivity index (χ3v) is 5.75. The Morgan fingerprint density at radius 2 is 2.04 bits per heavy atom. The van der Waals surface area contributed by atoms with Crippen LogP contribution in [0, 0.1) is 0 Å². The molecule has 0 spiro atoms. The Morgan fingerprint density at radius 1 is 1.26 bits per heavy atom. The lowest BCUT2D eigenvalue weighted by Crippen LogP contribution is -2.27. The first-order chi connectivity index (χ1) is 12.9. The number of fused-ring (bicyclic) bond motifs is 1. The molecule has 0 aliphatic heterocycles. The monoisotopic (exact) mass is 392 g/mol. The van der Waals surface area contributed by atoms with E-state index in [0.29, 0.717) is 16.6 Å². The van der Waals surface area contributed by atoms with Gasteiger partial charge in [-0.25, -0.2) is 4.79 Å². The molecule has 2 heterocycles. The van der Waals surface area contributed by atoms with E-state index in [1.54, 1.807) is 35.8 Å². The van der Waals surface area contributed by atoms with E-state index in [2.05, 4.69) is 0 Å². The van der Waals surface area contributed by atoms with Crippen LogP contribution in [0.25, 0.3) is 10.9 Å². The van der Waals surface area contributed by atoms with Gasteiger partial charge >= 0.3 is 5.97 Å². The minimum atomic E-state index is -3.90. The number of hydrogen-bond acceptors (Lipinski definition) is 6. The van der Waals surface area contributed by atoms with Crippen LogP contribution < -0.4 is 4.31 Å². The fourth-order valence-corrected chi connectivity index (χ4v) is 3.97. The molecule has 0 unspecified atom stereocenters. The predicted octanol–water partition coefficient (Wildman–Crippen LogP) is 2.84. The van der Waals surface area contributed by atoms with Gasteiger partial charge in [0.15, 0.2) is 0 Å². The van der Waals surface area contributed by atoms with Crippen LogP contribution in [0.5, 0.6) is 0 Å². The van der Waals surface area contributed by atoms with Gasteiger partial charge in [0.05, 0.1) is 24.1 Å². The van der Waals surface area contributed by atoms with Crippen molar-refractivity contribution in [1.29, 1.82) is 0 Å². The molecule has 0 bridgehead atoms. The van der Waals surface area contributed by atoms with Crippen molar-refractivity contribution >= 4 is 32.6 Å². The number of methoxy groups -OCH3 is 1. The Hall–Kier alpha value is -2.78. The number of esters is 1. The molecule has 1 aromatic carbocycles. The average Bonchev–Trinajstić information content (AvgIpc) is 3.30. The van der Waals surface area contributed by atoms with E-state index in [-0.39, 0.29) is 24.1 Å². The summed E-state index contributed by atoms with van der Waals surface area (Å²) in [5.41, 5.74) is 1.21. The molecule has 0 amide bonds. The van der Waals surface area contributed by atoms with Gasteiger partial charge < -0.3 is 18.5 Å². The molecule has 0 saturated carbocycles. The fourth-order valence-electron chi connectivity index (χ4n) is 2.87. The van der Waals surface area contributed by atoms with Crippen molar-refractivity contribution < 1.29 is 27.1 Å². The summed E-state index contributed by atoms with van der Waals surface area (Å²) in [5.74, 6) is -0.506. The lowest BCUT2D eigenvalue weighted by molar-refractivity contribution is 0.0496. The van der Waals surface area contributed by atoms with E-state index in [0.717, 1.165) is 4.31 Å². The van der Waals surface area contributed by atoms with Crippen LogP contribution in [0.2, 0.25) is 0 Å². The highest BCUT2D eigenvalue weighted by Crippen LogP contribution is 2.32. The Morgan fingerprint density at radius 3 is 2.67 bits per heavy atom. The number of anilines is 1. The van der Waals surface area contributed by atoms with E-state index < -0.39 is 16.0 Å². The summed E-state index contributed by atoms with van der Waals surface area (Å²) in [6.07, 6.45) is 1.30. The first-order valence-corrected chi connectivity index (χ1v) is 9.66. The van der Waals surface area contributed by atoms with Crippen molar-refractivity contribution in [2.45, 2.75) is 18.7 Å². The topological polar surface area (TPSA) is 91.0 Å². The van der Waals surface area contributed by atoms with Crippen molar-refractivity contribution in [1.82, 2.24) is 4.57 Å². The second kappa shape index (κ2) is 7.45. The van der Waals surface area contributed by atoms with Crippen LogP contribution in [-0.2, 0) is 26.2 Å². The number of sulfonamides is 1. The molecule has 144 valence electrons. The quantitative estimate of drug-likeness (QED) is 0.574. The van der Waals surface area contributed by atoms with E-state index in [1.165, 1.54) is 32.6 Å². The van der Waals surface area contributed by atoms with Gasteiger partial charge in [-0.15, -0.1) is 0 Å². The number of aromatic nitrogens is 1. The molecule has 3 rings (SSSR count). The predicted molar refractivity (Wildman–Crippen MR) is 99.2 cm³/mol. The fraction of sp³-hybridized carbons (Fsp3) is 0.278. The third kappa shape index (κ3) is 3.31. The van der Waals surface area contributed by atoms with Crippen LogP contribution in [0.4, 0.5) is 5.69 Å². The molecule has 27 heavy (non-hydrogen) atoms. The standard InChI is InChI=1S/C18H20N2O6S/c1-4-25-18(21)15-11-13-7-5-8-14(17(13)20(15)12-24-3)19(2)27(22,23)16-9-6-10-26-16/h5-11H,4,12H2,1-3H3. The smallest absolute Gasteiger partial charge is 0.355 e. The lowest BCUT2D eigenvalue weighted by Gasteiger charge is -2.20. The summed E-state index contributed by atoms with van der Waals surface area (Å²) in [6, 6.07) is 9.71. The Bertz CT molecular complexity index is 1050. The molecule has 0 N–H and O–H groups in total.